The summed E-state index contributed by atoms with van der Waals surface area (Å²) in [6.07, 6.45) is -3.41. The van der Waals surface area contributed by atoms with Crippen molar-refractivity contribution in [3.63, 3.8) is 0 Å². The number of rotatable bonds is 1. The highest BCUT2D eigenvalue weighted by Gasteiger charge is 2.60. The third kappa shape index (κ3) is 2.14. The second-order valence-electron chi connectivity index (χ2n) is 3.80. The van der Waals surface area contributed by atoms with E-state index < -0.39 is 24.2 Å². The second kappa shape index (κ2) is 4.19. The summed E-state index contributed by atoms with van der Waals surface area (Å²) in [5.74, 6) is -4.91. The van der Waals surface area contributed by atoms with Gasteiger partial charge in [0.25, 0.3) is 0 Å². The zero-order valence-corrected chi connectivity index (χ0v) is 9.01. The Kier molecular flexibility index (Phi) is 2.96. The van der Waals surface area contributed by atoms with Crippen molar-refractivity contribution >= 4 is 17.5 Å². The van der Waals surface area contributed by atoms with Crippen molar-refractivity contribution in [3.05, 3.63) is 35.9 Å². The smallest absolute Gasteiger partial charge is 0.250 e. The molecule has 0 N–H and O–H groups in total. The number of allylic oxidation sites excluding steroid dienone is 1. The molecule has 0 amide bonds. The van der Waals surface area contributed by atoms with Crippen LogP contribution in [0.25, 0.3) is 6.08 Å². The second-order valence-corrected chi connectivity index (χ2v) is 3.80. The van der Waals surface area contributed by atoms with E-state index in [0.717, 1.165) is 0 Å². The van der Waals surface area contributed by atoms with Crippen LogP contribution in [0.4, 0.5) is 27.6 Å². The van der Waals surface area contributed by atoms with Gasteiger partial charge in [0.05, 0.1) is 5.69 Å². The first-order chi connectivity index (χ1) is 8.32. The van der Waals surface area contributed by atoms with E-state index in [1.807, 2.05) is 0 Å². The number of alkyl halides is 5. The van der Waals surface area contributed by atoms with E-state index in [0.29, 0.717) is 5.56 Å². The summed E-state index contributed by atoms with van der Waals surface area (Å²) in [4.78, 5) is 3.46. The van der Waals surface area contributed by atoms with Gasteiger partial charge >= 0.3 is 12.1 Å². The van der Waals surface area contributed by atoms with Crippen molar-refractivity contribution < 1.29 is 22.0 Å². The van der Waals surface area contributed by atoms with Gasteiger partial charge in [-0.1, -0.05) is 30.4 Å². The van der Waals surface area contributed by atoms with Crippen molar-refractivity contribution in [2.75, 3.05) is 0 Å². The molecule has 0 saturated carbocycles. The Labute approximate surface area is 99.6 Å². The first-order valence-corrected chi connectivity index (χ1v) is 5.10. The third-order valence-electron chi connectivity index (χ3n) is 2.52. The van der Waals surface area contributed by atoms with Gasteiger partial charge in [-0.25, -0.2) is 0 Å². The third-order valence-corrected chi connectivity index (χ3v) is 2.52. The Morgan fingerprint density at radius 1 is 1.00 bits per heavy atom. The van der Waals surface area contributed by atoms with E-state index >= 15 is 0 Å². The number of fused-ring (bicyclic) bond motifs is 1. The van der Waals surface area contributed by atoms with Crippen molar-refractivity contribution in [2.45, 2.75) is 18.5 Å². The molecule has 0 radical (unpaired) electrons. The van der Waals surface area contributed by atoms with E-state index in [4.69, 9.17) is 0 Å². The van der Waals surface area contributed by atoms with E-state index in [2.05, 4.69) is 4.99 Å². The molecule has 0 aromatic heterocycles. The number of para-hydroxylation sites is 1. The maximum absolute atomic E-state index is 13.2. The predicted octanol–water partition coefficient (Wildman–Crippen LogP) is 4.37. The molecule has 0 bridgehead atoms. The van der Waals surface area contributed by atoms with Crippen molar-refractivity contribution in [1.82, 2.24) is 0 Å². The molecule has 6 heteroatoms. The Balaban J connectivity index is 2.49. The molecule has 1 aromatic carbocycles. The van der Waals surface area contributed by atoms with Crippen LogP contribution >= 0.6 is 0 Å². The van der Waals surface area contributed by atoms with Gasteiger partial charge < -0.3 is 0 Å². The zero-order valence-electron chi connectivity index (χ0n) is 9.01. The summed E-state index contributed by atoms with van der Waals surface area (Å²) >= 11 is 0. The van der Waals surface area contributed by atoms with Crippen molar-refractivity contribution in [2.24, 2.45) is 4.99 Å². The quantitative estimate of drug-likeness (QED) is 0.665. The predicted molar refractivity (Wildman–Crippen MR) is 58.2 cm³/mol. The molecule has 1 heterocycles. The molecule has 1 aliphatic heterocycles. The van der Waals surface area contributed by atoms with Gasteiger partial charge in [0.1, 0.15) is 5.71 Å². The number of benzene rings is 1. The topological polar surface area (TPSA) is 12.4 Å². The fraction of sp³-hybridized carbons (Fsp3) is 0.250. The fourth-order valence-corrected chi connectivity index (χ4v) is 1.58. The summed E-state index contributed by atoms with van der Waals surface area (Å²) in [5, 5.41) is 0. The van der Waals surface area contributed by atoms with Gasteiger partial charge in [-0.3, -0.25) is 4.99 Å². The number of aliphatic imine (C=N–C) groups is 1. The highest BCUT2D eigenvalue weighted by molar-refractivity contribution is 5.97. The SMILES string of the molecule is FC(F)(F)C(F)(F)C1=Nc2ccccc2C=CC1. The molecule has 2 rings (SSSR count). The molecular formula is C12H8F5N. The molecule has 0 fully saturated rings. The minimum Gasteiger partial charge on any atom is -0.250 e. The van der Waals surface area contributed by atoms with E-state index in [9.17, 15) is 22.0 Å². The fourth-order valence-electron chi connectivity index (χ4n) is 1.58. The summed E-state index contributed by atoms with van der Waals surface area (Å²) in [7, 11) is 0. The lowest BCUT2D eigenvalue weighted by Gasteiger charge is -2.20. The number of halogens is 5. The lowest BCUT2D eigenvalue weighted by Crippen LogP contribution is -2.43. The molecule has 0 aliphatic carbocycles. The van der Waals surface area contributed by atoms with Gasteiger partial charge in [0.15, 0.2) is 0 Å². The van der Waals surface area contributed by atoms with Crippen LogP contribution in [0.3, 0.4) is 0 Å². The first kappa shape index (κ1) is 12.7. The summed E-state index contributed by atoms with van der Waals surface area (Å²) in [5.41, 5.74) is -0.549. The van der Waals surface area contributed by atoms with E-state index in [-0.39, 0.29) is 5.69 Å². The minimum absolute atomic E-state index is 0.116. The van der Waals surface area contributed by atoms with Gasteiger partial charge in [0, 0.05) is 6.42 Å². The maximum Gasteiger partial charge on any atom is 0.459 e. The maximum atomic E-state index is 13.2. The normalized spacial score (nSPS) is 15.9. The van der Waals surface area contributed by atoms with Crippen LogP contribution in [0.15, 0.2) is 35.3 Å². The van der Waals surface area contributed by atoms with Crippen molar-refractivity contribution in [1.29, 1.82) is 0 Å². The van der Waals surface area contributed by atoms with Crippen LogP contribution in [0, 0.1) is 0 Å². The molecular weight excluding hydrogens is 253 g/mol. The minimum atomic E-state index is -5.63. The average Bonchev–Trinajstić information content (AvgIpc) is 2.49. The van der Waals surface area contributed by atoms with Gasteiger partial charge in [0.2, 0.25) is 0 Å². The number of hydrogen-bond donors (Lipinski definition) is 0. The standard InChI is InChI=1S/C12H8F5N/c13-11(14,12(15,16)17)10-7-3-5-8-4-1-2-6-9(8)18-10/h1-6H,7H2. The van der Waals surface area contributed by atoms with E-state index in [1.54, 1.807) is 12.1 Å². The largest absolute Gasteiger partial charge is 0.459 e. The molecule has 1 aromatic rings. The van der Waals surface area contributed by atoms with Gasteiger partial charge in [-0.05, 0) is 11.6 Å². The summed E-state index contributed by atoms with van der Waals surface area (Å²) in [6, 6.07) is 6.19. The Morgan fingerprint density at radius 3 is 2.33 bits per heavy atom. The molecule has 18 heavy (non-hydrogen) atoms. The van der Waals surface area contributed by atoms with Crippen LogP contribution < -0.4 is 0 Å². The molecule has 96 valence electrons. The average molecular weight is 261 g/mol. The molecule has 0 atom stereocenters. The monoisotopic (exact) mass is 261 g/mol. The van der Waals surface area contributed by atoms with Crippen molar-refractivity contribution in [3.8, 4) is 0 Å². The highest BCUT2D eigenvalue weighted by Crippen LogP contribution is 2.39. The highest BCUT2D eigenvalue weighted by atomic mass is 19.4. The molecule has 0 saturated heterocycles. The van der Waals surface area contributed by atoms with Gasteiger partial charge in [-0.15, -0.1) is 0 Å². The lowest BCUT2D eigenvalue weighted by molar-refractivity contribution is -0.249. The summed E-state index contributed by atoms with van der Waals surface area (Å²) in [6.45, 7) is 0. The zero-order chi connectivity index (χ0) is 13.4. The molecule has 1 nitrogen and oxygen atoms in total. The molecule has 0 spiro atoms. The number of hydrogen-bond acceptors (Lipinski definition) is 1. The van der Waals surface area contributed by atoms with Crippen LogP contribution in [0.5, 0.6) is 0 Å². The van der Waals surface area contributed by atoms with Crippen LogP contribution in [0.1, 0.15) is 12.0 Å². The first-order valence-electron chi connectivity index (χ1n) is 5.10. The molecule has 1 aliphatic rings. The summed E-state index contributed by atoms with van der Waals surface area (Å²) < 4.78 is 63.2. The van der Waals surface area contributed by atoms with Crippen LogP contribution in [0.2, 0.25) is 0 Å². The Morgan fingerprint density at radius 2 is 1.67 bits per heavy atom. The van der Waals surface area contributed by atoms with E-state index in [1.165, 1.54) is 24.3 Å². The Bertz CT molecular complexity index is 513. The van der Waals surface area contributed by atoms with Crippen LogP contribution in [-0.2, 0) is 0 Å². The molecule has 0 unspecified atom stereocenters. The van der Waals surface area contributed by atoms with Gasteiger partial charge in [-0.2, -0.15) is 22.0 Å². The van der Waals surface area contributed by atoms with Crippen LogP contribution in [-0.4, -0.2) is 17.8 Å². The Hall–Kier alpha value is -1.72. The number of nitrogens with zero attached hydrogens (tertiary/aromatic N) is 1. The lowest BCUT2D eigenvalue weighted by atomic mass is 10.1.